The van der Waals surface area contributed by atoms with Gasteiger partial charge >= 0.3 is 6.09 Å². The first-order valence-corrected chi connectivity index (χ1v) is 4.89. The molecule has 1 amide bonds. The highest BCUT2D eigenvalue weighted by molar-refractivity contribution is 5.64. The molecule has 4 N–H and O–H groups in total. The molecule has 0 atom stereocenters. The van der Waals surface area contributed by atoms with Crippen LogP contribution in [-0.4, -0.2) is 11.2 Å². The molecule has 0 saturated heterocycles. The lowest BCUT2D eigenvalue weighted by Gasteiger charge is -1.95. The second-order valence-corrected chi connectivity index (χ2v) is 3.41. The molecule has 1 aromatic heterocycles. The highest BCUT2D eigenvalue weighted by atomic mass is 16.6. The van der Waals surface area contributed by atoms with Crippen molar-refractivity contribution >= 4 is 11.8 Å². The number of nitrogens with zero attached hydrogens (tertiary/aromatic N) is 1. The predicted octanol–water partition coefficient (Wildman–Crippen LogP) is 1.52. The third-order valence-corrected chi connectivity index (χ3v) is 2.12. The van der Waals surface area contributed by atoms with Gasteiger partial charge in [-0.25, -0.2) is 4.79 Å². The van der Waals surface area contributed by atoms with E-state index in [1.54, 1.807) is 18.2 Å². The van der Waals surface area contributed by atoms with Crippen LogP contribution in [0.15, 0.2) is 34.9 Å². The monoisotopic (exact) mass is 233 g/mol. The molecule has 1 heterocycles. The van der Waals surface area contributed by atoms with Crippen LogP contribution in [0.2, 0.25) is 0 Å². The molecular formula is C11H11N3O3. The first-order valence-electron chi connectivity index (χ1n) is 4.89. The number of carbonyl (C=O) groups excluding carboxylic acids is 1. The smallest absolute Gasteiger partial charge is 0.404 e. The van der Waals surface area contributed by atoms with Crippen molar-refractivity contribution in [2.45, 2.75) is 6.61 Å². The van der Waals surface area contributed by atoms with Gasteiger partial charge in [-0.05, 0) is 12.1 Å². The maximum Gasteiger partial charge on any atom is 0.404 e. The number of carbonyl (C=O) groups is 1. The molecule has 0 radical (unpaired) electrons. The van der Waals surface area contributed by atoms with Gasteiger partial charge in [0.1, 0.15) is 5.69 Å². The Hall–Kier alpha value is -2.50. The Morgan fingerprint density at radius 2 is 2.06 bits per heavy atom. The van der Waals surface area contributed by atoms with Crippen LogP contribution in [0, 0.1) is 0 Å². The number of hydrogen-bond donors (Lipinski definition) is 2. The summed E-state index contributed by atoms with van der Waals surface area (Å²) in [5.41, 5.74) is 12.6. The topological polar surface area (TPSA) is 104 Å². The Labute approximate surface area is 97.1 Å². The Kier molecular flexibility index (Phi) is 2.95. The maximum absolute atomic E-state index is 10.4. The number of nitrogen functional groups attached to an aromatic ring is 1. The van der Waals surface area contributed by atoms with Crippen LogP contribution in [0.5, 0.6) is 0 Å². The van der Waals surface area contributed by atoms with Gasteiger partial charge < -0.3 is 20.7 Å². The summed E-state index contributed by atoms with van der Waals surface area (Å²) < 4.78 is 9.57. The second-order valence-electron chi connectivity index (χ2n) is 3.41. The van der Waals surface area contributed by atoms with E-state index in [0.29, 0.717) is 17.1 Å². The van der Waals surface area contributed by atoms with Crippen LogP contribution in [0.25, 0.3) is 11.3 Å². The van der Waals surface area contributed by atoms with Crippen molar-refractivity contribution in [2.75, 3.05) is 5.73 Å². The van der Waals surface area contributed by atoms with E-state index >= 15 is 0 Å². The molecule has 0 aliphatic carbocycles. The number of ether oxygens (including phenoxy) is 1. The van der Waals surface area contributed by atoms with Gasteiger partial charge in [-0.15, -0.1) is 0 Å². The van der Waals surface area contributed by atoms with Gasteiger partial charge in [-0.2, -0.15) is 0 Å². The zero-order chi connectivity index (χ0) is 12.3. The van der Waals surface area contributed by atoms with Crippen molar-refractivity contribution in [1.82, 2.24) is 5.16 Å². The van der Waals surface area contributed by atoms with E-state index in [2.05, 4.69) is 9.89 Å². The summed E-state index contributed by atoms with van der Waals surface area (Å²) in [5, 5.41) is 3.85. The number of rotatable bonds is 3. The molecule has 1 aromatic carbocycles. The third kappa shape index (κ3) is 2.75. The van der Waals surface area contributed by atoms with Crippen molar-refractivity contribution in [3.05, 3.63) is 36.1 Å². The van der Waals surface area contributed by atoms with E-state index < -0.39 is 6.09 Å². The van der Waals surface area contributed by atoms with Gasteiger partial charge in [0.25, 0.3) is 0 Å². The van der Waals surface area contributed by atoms with Crippen molar-refractivity contribution in [3.8, 4) is 11.3 Å². The highest BCUT2D eigenvalue weighted by Crippen LogP contribution is 2.20. The lowest BCUT2D eigenvalue weighted by molar-refractivity contribution is 0.137. The first kappa shape index (κ1) is 11.0. The summed E-state index contributed by atoms with van der Waals surface area (Å²) in [6.45, 7) is -0.0305. The minimum atomic E-state index is -0.851. The highest BCUT2D eigenvalue weighted by Gasteiger charge is 2.07. The molecule has 0 spiro atoms. The summed E-state index contributed by atoms with van der Waals surface area (Å²) >= 11 is 0. The summed E-state index contributed by atoms with van der Waals surface area (Å²) in [7, 11) is 0. The largest absolute Gasteiger partial charge is 0.441 e. The molecule has 17 heavy (non-hydrogen) atoms. The first-order chi connectivity index (χ1) is 8.15. The number of benzene rings is 1. The zero-order valence-electron chi connectivity index (χ0n) is 8.92. The molecule has 0 bridgehead atoms. The minimum absolute atomic E-state index is 0.0305. The molecule has 0 saturated carbocycles. The molecule has 6 nitrogen and oxygen atoms in total. The number of amides is 1. The van der Waals surface area contributed by atoms with Gasteiger partial charge in [0.15, 0.2) is 12.4 Å². The Bertz CT molecular complexity index is 519. The molecule has 0 unspecified atom stereocenters. The van der Waals surface area contributed by atoms with Crippen LogP contribution < -0.4 is 11.5 Å². The van der Waals surface area contributed by atoms with Crippen LogP contribution in [-0.2, 0) is 11.3 Å². The number of primary amides is 1. The van der Waals surface area contributed by atoms with Gasteiger partial charge in [0.05, 0.1) is 0 Å². The van der Waals surface area contributed by atoms with E-state index in [0.717, 1.165) is 5.56 Å². The summed E-state index contributed by atoms with van der Waals surface area (Å²) in [4.78, 5) is 10.4. The van der Waals surface area contributed by atoms with E-state index in [1.807, 2.05) is 12.1 Å². The normalized spacial score (nSPS) is 10.1. The summed E-state index contributed by atoms with van der Waals surface area (Å²) in [6.07, 6.45) is -0.851. The van der Waals surface area contributed by atoms with Crippen LogP contribution in [0.1, 0.15) is 5.76 Å². The van der Waals surface area contributed by atoms with Gasteiger partial charge in [-0.3, -0.25) is 0 Å². The molecule has 2 aromatic rings. The molecular weight excluding hydrogens is 222 g/mol. The molecule has 2 rings (SSSR count). The number of anilines is 1. The average molecular weight is 233 g/mol. The van der Waals surface area contributed by atoms with Crippen molar-refractivity contribution in [1.29, 1.82) is 0 Å². The van der Waals surface area contributed by atoms with Crippen molar-refractivity contribution in [2.24, 2.45) is 5.73 Å². The van der Waals surface area contributed by atoms with E-state index in [9.17, 15) is 4.79 Å². The third-order valence-electron chi connectivity index (χ3n) is 2.12. The van der Waals surface area contributed by atoms with Crippen LogP contribution >= 0.6 is 0 Å². The van der Waals surface area contributed by atoms with Crippen molar-refractivity contribution < 1.29 is 14.1 Å². The standard InChI is InChI=1S/C11H11N3O3/c12-8-3-1-7(2-4-8)10-5-9(17-14-10)6-16-11(13)15/h1-5H,6,12H2,(H2,13,15). The number of aromatic nitrogens is 1. The van der Waals surface area contributed by atoms with E-state index in [-0.39, 0.29) is 6.61 Å². The minimum Gasteiger partial charge on any atom is -0.441 e. The fourth-order valence-corrected chi connectivity index (χ4v) is 1.31. The summed E-state index contributed by atoms with van der Waals surface area (Å²) in [5.74, 6) is 0.427. The Balaban J connectivity index is 2.12. The summed E-state index contributed by atoms with van der Waals surface area (Å²) in [6, 6.07) is 8.86. The lowest BCUT2D eigenvalue weighted by atomic mass is 10.1. The quantitative estimate of drug-likeness (QED) is 0.782. The number of nitrogens with two attached hydrogens (primary N) is 2. The molecule has 88 valence electrons. The van der Waals surface area contributed by atoms with Gasteiger partial charge in [0.2, 0.25) is 0 Å². The lowest BCUT2D eigenvalue weighted by Crippen LogP contribution is -2.12. The van der Waals surface area contributed by atoms with Crippen molar-refractivity contribution in [3.63, 3.8) is 0 Å². The average Bonchev–Trinajstić information content (AvgIpc) is 2.76. The van der Waals surface area contributed by atoms with Gasteiger partial charge in [0, 0.05) is 17.3 Å². The zero-order valence-corrected chi connectivity index (χ0v) is 8.92. The predicted molar refractivity (Wildman–Crippen MR) is 60.7 cm³/mol. The van der Waals surface area contributed by atoms with Crippen LogP contribution in [0.4, 0.5) is 10.5 Å². The Morgan fingerprint density at radius 1 is 1.35 bits per heavy atom. The molecule has 6 heteroatoms. The molecule has 0 aliphatic heterocycles. The van der Waals surface area contributed by atoms with Crippen LogP contribution in [0.3, 0.4) is 0 Å². The maximum atomic E-state index is 10.4. The van der Waals surface area contributed by atoms with Gasteiger partial charge in [-0.1, -0.05) is 17.3 Å². The van der Waals surface area contributed by atoms with E-state index in [4.69, 9.17) is 16.0 Å². The molecule has 0 fully saturated rings. The Morgan fingerprint density at radius 3 is 2.71 bits per heavy atom. The molecule has 0 aliphatic rings. The second kappa shape index (κ2) is 4.56. The van der Waals surface area contributed by atoms with E-state index in [1.165, 1.54) is 0 Å². The fourth-order valence-electron chi connectivity index (χ4n) is 1.31. The SMILES string of the molecule is NC(=O)OCc1cc(-c2ccc(N)cc2)no1. The fraction of sp³-hybridized carbons (Fsp3) is 0.0909. The number of hydrogen-bond acceptors (Lipinski definition) is 5.